The van der Waals surface area contributed by atoms with Crippen LogP contribution in [0.3, 0.4) is 0 Å². The summed E-state index contributed by atoms with van der Waals surface area (Å²) in [6.07, 6.45) is 7.33. The fraction of sp³-hybridized carbons (Fsp3) is 0.250. The molecular formula is C28H28N4O2. The van der Waals surface area contributed by atoms with Crippen molar-refractivity contribution in [3.63, 3.8) is 0 Å². The minimum absolute atomic E-state index is 0.0664. The predicted molar refractivity (Wildman–Crippen MR) is 134 cm³/mol. The molecule has 0 unspecified atom stereocenters. The molecule has 2 aromatic heterocycles. The normalized spacial score (nSPS) is 15.4. The zero-order chi connectivity index (χ0) is 23.3. The van der Waals surface area contributed by atoms with Gasteiger partial charge in [-0.3, -0.25) is 14.8 Å². The number of likely N-dealkylation sites (tertiary alicyclic amines) is 1. The average molecular weight is 453 g/mol. The zero-order valence-corrected chi connectivity index (χ0v) is 19.3. The summed E-state index contributed by atoms with van der Waals surface area (Å²) in [5.74, 6) is 1.23. The van der Waals surface area contributed by atoms with Crippen molar-refractivity contribution in [2.75, 3.05) is 25.5 Å². The number of fused-ring (bicyclic) bond motifs is 1. The minimum Gasteiger partial charge on any atom is -0.495 e. The Morgan fingerprint density at radius 3 is 2.82 bits per heavy atom. The summed E-state index contributed by atoms with van der Waals surface area (Å²) in [7, 11) is 1.64. The van der Waals surface area contributed by atoms with Crippen molar-refractivity contribution in [3.8, 4) is 5.75 Å². The lowest BCUT2D eigenvalue weighted by atomic mass is 9.96. The number of anilines is 1. The van der Waals surface area contributed by atoms with Gasteiger partial charge in [-0.1, -0.05) is 18.2 Å². The van der Waals surface area contributed by atoms with Gasteiger partial charge in [-0.2, -0.15) is 0 Å². The number of carbonyl (C=O) groups is 1. The molecule has 2 aromatic carbocycles. The van der Waals surface area contributed by atoms with E-state index in [1.807, 2.05) is 53.6 Å². The maximum atomic E-state index is 13.3. The van der Waals surface area contributed by atoms with E-state index in [0.717, 1.165) is 48.4 Å². The molecule has 1 amide bonds. The number of hydrogen-bond acceptors (Lipinski definition) is 5. The van der Waals surface area contributed by atoms with Crippen LogP contribution in [0.1, 0.15) is 27.9 Å². The summed E-state index contributed by atoms with van der Waals surface area (Å²) < 4.78 is 5.51. The van der Waals surface area contributed by atoms with Crippen molar-refractivity contribution >= 4 is 22.5 Å². The Kier molecular flexibility index (Phi) is 6.38. The molecule has 0 saturated carbocycles. The van der Waals surface area contributed by atoms with Crippen LogP contribution in [-0.2, 0) is 13.0 Å². The van der Waals surface area contributed by atoms with Crippen LogP contribution in [0.2, 0.25) is 0 Å². The maximum Gasteiger partial charge on any atom is 0.253 e. The van der Waals surface area contributed by atoms with Gasteiger partial charge in [-0.05, 0) is 72.4 Å². The smallest absolute Gasteiger partial charge is 0.253 e. The predicted octanol–water partition coefficient (Wildman–Crippen LogP) is 4.96. The molecule has 34 heavy (non-hydrogen) atoms. The van der Waals surface area contributed by atoms with Crippen LogP contribution < -0.4 is 10.1 Å². The number of hydrogen-bond donors (Lipinski definition) is 1. The van der Waals surface area contributed by atoms with Gasteiger partial charge in [-0.15, -0.1) is 0 Å². The van der Waals surface area contributed by atoms with E-state index in [4.69, 9.17) is 4.74 Å². The van der Waals surface area contributed by atoms with E-state index in [1.54, 1.807) is 19.5 Å². The van der Waals surface area contributed by atoms with E-state index in [-0.39, 0.29) is 5.91 Å². The van der Waals surface area contributed by atoms with Gasteiger partial charge < -0.3 is 15.0 Å². The lowest BCUT2D eigenvalue weighted by Crippen LogP contribution is -2.29. The van der Waals surface area contributed by atoms with Gasteiger partial charge in [0.15, 0.2) is 0 Å². The maximum absolute atomic E-state index is 13.3. The second-order valence-electron chi connectivity index (χ2n) is 8.72. The van der Waals surface area contributed by atoms with Crippen molar-refractivity contribution in [3.05, 3.63) is 95.9 Å². The third-order valence-corrected chi connectivity index (χ3v) is 6.50. The molecule has 5 rings (SSSR count). The van der Waals surface area contributed by atoms with Crippen LogP contribution in [0.15, 0.2) is 79.3 Å². The largest absolute Gasteiger partial charge is 0.495 e. The Morgan fingerprint density at radius 1 is 1.09 bits per heavy atom. The van der Waals surface area contributed by atoms with Gasteiger partial charge in [-0.25, -0.2) is 0 Å². The molecule has 3 heterocycles. The minimum atomic E-state index is 0.0664. The molecule has 6 heteroatoms. The second-order valence-corrected chi connectivity index (χ2v) is 8.72. The van der Waals surface area contributed by atoms with Gasteiger partial charge in [0, 0.05) is 49.2 Å². The highest BCUT2D eigenvalue weighted by molar-refractivity contribution is 5.96. The van der Waals surface area contributed by atoms with Crippen LogP contribution in [0, 0.1) is 5.92 Å². The second kappa shape index (κ2) is 9.91. The number of carbonyl (C=O) groups excluding carboxylic acids is 1. The van der Waals surface area contributed by atoms with Crippen molar-refractivity contribution < 1.29 is 9.53 Å². The lowest BCUT2D eigenvalue weighted by molar-refractivity contribution is 0.0787. The van der Waals surface area contributed by atoms with E-state index in [0.29, 0.717) is 18.0 Å². The molecule has 4 aromatic rings. The van der Waals surface area contributed by atoms with Crippen molar-refractivity contribution in [1.29, 1.82) is 0 Å². The molecule has 1 N–H and O–H groups in total. The Labute approximate surface area is 199 Å². The third-order valence-electron chi connectivity index (χ3n) is 6.50. The van der Waals surface area contributed by atoms with Crippen LogP contribution in [0.25, 0.3) is 10.9 Å². The van der Waals surface area contributed by atoms with E-state index < -0.39 is 0 Å². The molecule has 0 spiro atoms. The van der Waals surface area contributed by atoms with Gasteiger partial charge in [0.2, 0.25) is 0 Å². The topological polar surface area (TPSA) is 67.3 Å². The van der Waals surface area contributed by atoms with E-state index in [1.165, 1.54) is 10.9 Å². The molecule has 1 aliphatic rings. The Hall–Kier alpha value is -3.93. The molecular weight excluding hydrogens is 424 g/mol. The summed E-state index contributed by atoms with van der Waals surface area (Å²) >= 11 is 0. The van der Waals surface area contributed by atoms with Crippen LogP contribution in [-0.4, -0.2) is 41.0 Å². The molecule has 1 atom stereocenters. The number of amides is 1. The monoisotopic (exact) mass is 452 g/mol. The Morgan fingerprint density at radius 2 is 1.97 bits per heavy atom. The average Bonchev–Trinajstić information content (AvgIpc) is 3.36. The summed E-state index contributed by atoms with van der Waals surface area (Å²) in [5.41, 5.74) is 4.92. The van der Waals surface area contributed by atoms with E-state index >= 15 is 0 Å². The molecule has 0 bridgehead atoms. The van der Waals surface area contributed by atoms with Crippen LogP contribution in [0.5, 0.6) is 5.75 Å². The van der Waals surface area contributed by atoms with Crippen LogP contribution in [0.4, 0.5) is 5.69 Å². The molecule has 0 aliphatic carbocycles. The third kappa shape index (κ3) is 4.71. The molecule has 6 nitrogen and oxygen atoms in total. The Bertz CT molecular complexity index is 1290. The first-order chi connectivity index (χ1) is 16.7. The lowest BCUT2D eigenvalue weighted by Gasteiger charge is -2.19. The quantitative estimate of drug-likeness (QED) is 0.430. The summed E-state index contributed by atoms with van der Waals surface area (Å²) in [5, 5.41) is 4.60. The van der Waals surface area contributed by atoms with Crippen molar-refractivity contribution in [2.24, 2.45) is 5.92 Å². The first-order valence-corrected chi connectivity index (χ1v) is 11.6. The number of benzene rings is 2. The fourth-order valence-electron chi connectivity index (χ4n) is 4.70. The number of nitrogens with one attached hydrogen (secondary N) is 1. The molecule has 1 fully saturated rings. The standard InChI is InChI=1S/C28H28N4O2/c1-34-27-8-7-23(17-26(27)31-18-20-9-13-29-14-10-20)28(33)32-15-11-21(19-32)16-22-4-2-6-25-24(22)5-3-12-30-25/h2-10,12-14,17,21,31H,11,15-16,18-19H2,1H3/t21-/m1/s1. The Balaban J connectivity index is 1.27. The zero-order valence-electron chi connectivity index (χ0n) is 19.3. The van der Waals surface area contributed by atoms with Gasteiger partial charge >= 0.3 is 0 Å². The van der Waals surface area contributed by atoms with Gasteiger partial charge in [0.1, 0.15) is 5.75 Å². The van der Waals surface area contributed by atoms with E-state index in [9.17, 15) is 4.79 Å². The van der Waals surface area contributed by atoms with E-state index in [2.05, 4.69) is 33.5 Å². The highest BCUT2D eigenvalue weighted by Crippen LogP contribution is 2.29. The van der Waals surface area contributed by atoms with Crippen molar-refractivity contribution in [2.45, 2.75) is 19.4 Å². The molecule has 172 valence electrons. The fourth-order valence-corrected chi connectivity index (χ4v) is 4.70. The number of pyridine rings is 2. The highest BCUT2D eigenvalue weighted by Gasteiger charge is 2.28. The van der Waals surface area contributed by atoms with Gasteiger partial charge in [0.05, 0.1) is 18.3 Å². The molecule has 1 saturated heterocycles. The van der Waals surface area contributed by atoms with Gasteiger partial charge in [0.25, 0.3) is 5.91 Å². The summed E-state index contributed by atoms with van der Waals surface area (Å²) in [4.78, 5) is 23.8. The summed E-state index contributed by atoms with van der Waals surface area (Å²) in [6.45, 7) is 2.17. The number of rotatable bonds is 7. The number of methoxy groups -OCH3 is 1. The summed E-state index contributed by atoms with van der Waals surface area (Å²) in [6, 6.07) is 19.9. The first kappa shape index (κ1) is 21.9. The number of ether oxygens (including phenoxy) is 1. The van der Waals surface area contributed by atoms with Crippen molar-refractivity contribution in [1.82, 2.24) is 14.9 Å². The highest BCUT2D eigenvalue weighted by atomic mass is 16.5. The number of aromatic nitrogens is 2. The first-order valence-electron chi connectivity index (χ1n) is 11.6. The SMILES string of the molecule is COc1ccc(C(=O)N2CC[C@H](Cc3cccc4ncccc34)C2)cc1NCc1ccncc1. The molecule has 1 aliphatic heterocycles. The van der Waals surface area contributed by atoms with Crippen LogP contribution >= 0.6 is 0 Å². The number of nitrogens with zero attached hydrogens (tertiary/aromatic N) is 3. The molecule has 0 radical (unpaired) electrons.